The van der Waals surface area contributed by atoms with E-state index in [0.717, 1.165) is 16.5 Å². The Bertz CT molecular complexity index is 1730. The van der Waals surface area contributed by atoms with Crippen LogP contribution < -0.4 is 16.0 Å². The number of fused-ring (bicyclic) bond motifs is 1. The van der Waals surface area contributed by atoms with Crippen LogP contribution in [0.1, 0.15) is 10.4 Å². The number of hydrogen-bond acceptors (Lipinski definition) is 6. The molecule has 0 radical (unpaired) electrons. The van der Waals surface area contributed by atoms with Crippen molar-refractivity contribution < 1.29 is 9.59 Å². The Hall–Kier alpha value is -4.99. The lowest BCUT2D eigenvalue weighted by Crippen LogP contribution is -2.13. The summed E-state index contributed by atoms with van der Waals surface area (Å²) in [5.41, 5.74) is 4.77. The maximum absolute atomic E-state index is 13.0. The van der Waals surface area contributed by atoms with Crippen LogP contribution in [0.25, 0.3) is 22.2 Å². The van der Waals surface area contributed by atoms with Gasteiger partial charge >= 0.3 is 0 Å². The monoisotopic (exact) mass is 565 g/mol. The molecule has 2 aromatic heterocycles. The van der Waals surface area contributed by atoms with Gasteiger partial charge in [-0.05, 0) is 62.6 Å². The molecule has 0 fully saturated rings. The van der Waals surface area contributed by atoms with E-state index < -0.39 is 0 Å². The Kier molecular flexibility index (Phi) is 8.38. The summed E-state index contributed by atoms with van der Waals surface area (Å²) in [5.74, 6) is -0.152. The van der Waals surface area contributed by atoms with Crippen LogP contribution >= 0.6 is 11.6 Å². The fourth-order valence-electron chi connectivity index (χ4n) is 4.15. The third kappa shape index (κ3) is 6.96. The third-order valence-corrected chi connectivity index (χ3v) is 6.40. The summed E-state index contributed by atoms with van der Waals surface area (Å²) in [4.78, 5) is 39.2. The molecule has 3 aromatic carbocycles. The second-order valence-electron chi connectivity index (χ2n) is 9.53. The number of aromatic amines is 1. The van der Waals surface area contributed by atoms with Gasteiger partial charge in [0.15, 0.2) is 0 Å². The molecule has 0 aliphatic carbocycles. The summed E-state index contributed by atoms with van der Waals surface area (Å²) in [6.45, 7) is 0.674. The van der Waals surface area contributed by atoms with E-state index in [1.165, 1.54) is 6.08 Å². The molecule has 0 spiro atoms. The average Bonchev–Trinajstić information content (AvgIpc) is 3.39. The zero-order valence-electron chi connectivity index (χ0n) is 22.5. The van der Waals surface area contributed by atoms with Crippen molar-refractivity contribution in [2.75, 3.05) is 36.6 Å². The van der Waals surface area contributed by atoms with Gasteiger partial charge in [0.05, 0.1) is 16.9 Å². The number of para-hydroxylation sites is 1. The van der Waals surface area contributed by atoms with Crippen molar-refractivity contribution in [2.24, 2.45) is 0 Å². The molecule has 0 atom stereocenters. The maximum atomic E-state index is 13.0. The number of rotatable bonds is 9. The van der Waals surface area contributed by atoms with E-state index in [1.807, 2.05) is 55.5 Å². The lowest BCUT2D eigenvalue weighted by atomic mass is 10.1. The maximum Gasteiger partial charge on any atom is 0.255 e. The number of carbonyl (C=O) groups is 2. The number of halogens is 1. The Balaban J connectivity index is 1.24. The van der Waals surface area contributed by atoms with E-state index in [2.05, 4.69) is 30.9 Å². The van der Waals surface area contributed by atoms with Gasteiger partial charge in [-0.1, -0.05) is 41.9 Å². The zero-order valence-corrected chi connectivity index (χ0v) is 23.2. The molecule has 0 saturated heterocycles. The molecule has 0 unspecified atom stereocenters. The van der Waals surface area contributed by atoms with Gasteiger partial charge < -0.3 is 25.8 Å². The Morgan fingerprint density at radius 2 is 1.71 bits per heavy atom. The van der Waals surface area contributed by atoms with Crippen molar-refractivity contribution in [1.29, 1.82) is 0 Å². The van der Waals surface area contributed by atoms with Crippen molar-refractivity contribution in [1.82, 2.24) is 19.9 Å². The highest BCUT2D eigenvalue weighted by atomic mass is 35.5. The molecule has 41 heavy (non-hydrogen) atoms. The van der Waals surface area contributed by atoms with Crippen LogP contribution in [0.15, 0.2) is 97.3 Å². The highest BCUT2D eigenvalue weighted by Gasteiger charge is 2.14. The SMILES string of the molecule is CN(C)CC=CC(=O)Nc1ccc(NC(=O)c2cccc(Nc3ncc(Cl)c(-c4c[nH]c5ccccc45)n3)c2)cc1. The molecule has 5 rings (SSSR count). The standard InChI is InChI=1S/C31H28ClN7O2/c1-39(2)16-6-11-28(40)35-21-12-14-22(15-13-21)36-30(41)20-7-5-8-23(17-20)37-31-34-19-26(32)29(38-31)25-18-33-27-10-4-3-9-24(25)27/h3-15,17-19,33H,16H2,1-2H3,(H,35,40)(H,36,41)(H,34,37,38). The quantitative estimate of drug-likeness (QED) is 0.155. The average molecular weight is 566 g/mol. The number of anilines is 4. The van der Waals surface area contributed by atoms with Gasteiger partial charge in [-0.25, -0.2) is 9.97 Å². The van der Waals surface area contributed by atoms with E-state index in [1.54, 1.807) is 54.7 Å². The van der Waals surface area contributed by atoms with E-state index >= 15 is 0 Å². The first-order valence-corrected chi connectivity index (χ1v) is 13.2. The predicted octanol–water partition coefficient (Wildman–Crippen LogP) is 6.33. The van der Waals surface area contributed by atoms with Crippen LogP contribution in [-0.2, 0) is 4.79 Å². The molecule has 0 aliphatic rings. The molecule has 2 heterocycles. The molecule has 206 valence electrons. The number of benzene rings is 3. The van der Waals surface area contributed by atoms with Crippen molar-refractivity contribution >= 4 is 57.3 Å². The summed E-state index contributed by atoms with van der Waals surface area (Å²) in [5, 5.41) is 10.3. The number of carbonyl (C=O) groups excluding carboxylic acids is 2. The minimum Gasteiger partial charge on any atom is -0.360 e. The van der Waals surface area contributed by atoms with Gasteiger partial charge in [0.1, 0.15) is 0 Å². The van der Waals surface area contributed by atoms with Crippen LogP contribution in [0.3, 0.4) is 0 Å². The van der Waals surface area contributed by atoms with E-state index in [0.29, 0.717) is 45.8 Å². The minimum absolute atomic E-state index is 0.216. The van der Waals surface area contributed by atoms with Crippen molar-refractivity contribution in [3.8, 4) is 11.3 Å². The van der Waals surface area contributed by atoms with Gasteiger partial charge in [0.25, 0.3) is 5.91 Å². The fraction of sp³-hybridized carbons (Fsp3) is 0.0968. The Labute approximate surface area is 242 Å². The summed E-state index contributed by atoms with van der Waals surface area (Å²) in [7, 11) is 3.86. The van der Waals surface area contributed by atoms with Gasteiger partial charge in [0.2, 0.25) is 11.9 Å². The van der Waals surface area contributed by atoms with E-state index in [4.69, 9.17) is 11.6 Å². The summed E-state index contributed by atoms with van der Waals surface area (Å²) in [6.07, 6.45) is 6.71. The first-order chi connectivity index (χ1) is 19.9. The predicted molar refractivity (Wildman–Crippen MR) is 165 cm³/mol. The van der Waals surface area contributed by atoms with E-state index in [-0.39, 0.29) is 11.8 Å². The number of nitrogens with zero attached hydrogens (tertiary/aromatic N) is 3. The first kappa shape index (κ1) is 27.6. The van der Waals surface area contributed by atoms with Crippen LogP contribution in [0.5, 0.6) is 0 Å². The number of hydrogen-bond donors (Lipinski definition) is 4. The molecule has 4 N–H and O–H groups in total. The molecular weight excluding hydrogens is 538 g/mol. The summed E-state index contributed by atoms with van der Waals surface area (Å²) >= 11 is 6.45. The number of H-pyrrole nitrogens is 1. The minimum atomic E-state index is -0.284. The number of amides is 2. The fourth-order valence-corrected chi connectivity index (χ4v) is 4.34. The molecule has 0 saturated carbocycles. The van der Waals surface area contributed by atoms with E-state index in [9.17, 15) is 9.59 Å². The number of nitrogens with one attached hydrogen (secondary N) is 4. The zero-order chi connectivity index (χ0) is 28.8. The molecule has 0 aliphatic heterocycles. The van der Waals surface area contributed by atoms with Crippen LogP contribution in [-0.4, -0.2) is 52.3 Å². The lowest BCUT2D eigenvalue weighted by Gasteiger charge is -2.10. The summed E-state index contributed by atoms with van der Waals surface area (Å²) in [6, 6.07) is 21.9. The highest BCUT2D eigenvalue weighted by molar-refractivity contribution is 6.33. The normalized spacial score (nSPS) is 11.2. The Morgan fingerprint density at radius 1 is 0.951 bits per heavy atom. The van der Waals surface area contributed by atoms with Gasteiger partial charge in [0, 0.05) is 57.9 Å². The van der Waals surface area contributed by atoms with Crippen LogP contribution in [0.4, 0.5) is 23.0 Å². The lowest BCUT2D eigenvalue weighted by molar-refractivity contribution is -0.111. The Morgan fingerprint density at radius 3 is 2.49 bits per heavy atom. The van der Waals surface area contributed by atoms with Crippen molar-refractivity contribution in [2.45, 2.75) is 0 Å². The molecule has 2 amide bonds. The molecule has 10 heteroatoms. The molecule has 5 aromatic rings. The second-order valence-corrected chi connectivity index (χ2v) is 9.94. The second kappa shape index (κ2) is 12.5. The van der Waals surface area contributed by atoms with Crippen LogP contribution in [0, 0.1) is 0 Å². The van der Waals surface area contributed by atoms with Gasteiger partial charge in [-0.2, -0.15) is 0 Å². The van der Waals surface area contributed by atoms with Crippen molar-refractivity contribution in [3.63, 3.8) is 0 Å². The number of aromatic nitrogens is 3. The molecule has 0 bridgehead atoms. The topological polar surface area (TPSA) is 115 Å². The largest absolute Gasteiger partial charge is 0.360 e. The smallest absolute Gasteiger partial charge is 0.255 e. The number of likely N-dealkylation sites (N-methyl/N-ethyl adjacent to an activating group) is 1. The highest BCUT2D eigenvalue weighted by Crippen LogP contribution is 2.32. The van der Waals surface area contributed by atoms with Crippen molar-refractivity contribution in [3.05, 3.63) is 108 Å². The molecule has 9 nitrogen and oxygen atoms in total. The molecular formula is C31H28ClN7O2. The van der Waals surface area contributed by atoms with Gasteiger partial charge in [-0.3, -0.25) is 9.59 Å². The van der Waals surface area contributed by atoms with Crippen LogP contribution in [0.2, 0.25) is 5.02 Å². The first-order valence-electron chi connectivity index (χ1n) is 12.9. The third-order valence-electron chi connectivity index (χ3n) is 6.12. The summed E-state index contributed by atoms with van der Waals surface area (Å²) < 4.78 is 0. The van der Waals surface area contributed by atoms with Gasteiger partial charge in [-0.15, -0.1) is 0 Å².